The molecule has 1 unspecified atom stereocenters. The van der Waals surface area contributed by atoms with Crippen molar-refractivity contribution in [2.75, 3.05) is 20.4 Å². The molecule has 2 aromatic rings. The summed E-state index contributed by atoms with van der Waals surface area (Å²) in [6.07, 6.45) is 0. The number of benzene rings is 2. The zero-order valence-corrected chi connectivity index (χ0v) is 16.7. The fourth-order valence-corrected chi connectivity index (χ4v) is 3.14. The number of carbonyl (C=O) groups is 2. The minimum Gasteiger partial charge on any atom is -0.469 e. The molecule has 3 rings (SSSR count). The van der Waals surface area contributed by atoms with E-state index in [0.29, 0.717) is 23.6 Å². The first-order valence-corrected chi connectivity index (χ1v) is 9.22. The molecule has 0 saturated carbocycles. The van der Waals surface area contributed by atoms with Crippen molar-refractivity contribution in [2.45, 2.75) is 27.3 Å². The molecule has 148 valence electrons. The van der Waals surface area contributed by atoms with Gasteiger partial charge in [0.25, 0.3) is 5.91 Å². The second kappa shape index (κ2) is 8.33. The summed E-state index contributed by atoms with van der Waals surface area (Å²) in [5, 5.41) is 0. The van der Waals surface area contributed by atoms with Crippen molar-refractivity contribution in [1.82, 2.24) is 4.90 Å². The Morgan fingerprint density at radius 1 is 1.07 bits per heavy atom. The van der Waals surface area contributed by atoms with Crippen LogP contribution in [-0.2, 0) is 16.1 Å². The molecule has 1 aliphatic heterocycles. The number of ether oxygens (including phenoxy) is 3. The first-order valence-electron chi connectivity index (χ1n) is 9.22. The minimum atomic E-state index is -0.436. The maximum atomic E-state index is 13.2. The molecular weight excluding hydrogens is 358 g/mol. The summed E-state index contributed by atoms with van der Waals surface area (Å²) in [4.78, 5) is 26.8. The van der Waals surface area contributed by atoms with Crippen molar-refractivity contribution in [1.29, 1.82) is 0 Å². The molecule has 0 spiro atoms. The Balaban J connectivity index is 1.86. The number of hydrogen-bond donors (Lipinski definition) is 0. The zero-order chi connectivity index (χ0) is 20.3. The molecule has 1 aliphatic rings. The number of aryl methyl sites for hydroxylation is 2. The van der Waals surface area contributed by atoms with Crippen LogP contribution in [0.5, 0.6) is 11.5 Å². The van der Waals surface area contributed by atoms with Crippen molar-refractivity contribution >= 4 is 11.9 Å². The highest BCUT2D eigenvalue weighted by Crippen LogP contribution is 2.33. The van der Waals surface area contributed by atoms with E-state index in [4.69, 9.17) is 14.2 Å². The molecule has 0 radical (unpaired) electrons. The monoisotopic (exact) mass is 383 g/mol. The molecule has 28 heavy (non-hydrogen) atoms. The molecule has 0 saturated heterocycles. The van der Waals surface area contributed by atoms with E-state index in [2.05, 4.69) is 0 Å². The van der Waals surface area contributed by atoms with E-state index >= 15 is 0 Å². The average molecular weight is 383 g/mol. The van der Waals surface area contributed by atoms with Crippen LogP contribution in [0.2, 0.25) is 0 Å². The van der Waals surface area contributed by atoms with E-state index in [1.54, 1.807) is 11.8 Å². The lowest BCUT2D eigenvalue weighted by Gasteiger charge is -2.25. The molecule has 1 heterocycles. The van der Waals surface area contributed by atoms with Gasteiger partial charge in [0.2, 0.25) is 6.79 Å². The van der Waals surface area contributed by atoms with Gasteiger partial charge in [-0.15, -0.1) is 0 Å². The van der Waals surface area contributed by atoms with Crippen molar-refractivity contribution in [3.05, 3.63) is 58.7 Å². The van der Waals surface area contributed by atoms with Gasteiger partial charge in [-0.2, -0.15) is 0 Å². The summed E-state index contributed by atoms with van der Waals surface area (Å²) in [5.41, 5.74) is 3.68. The van der Waals surface area contributed by atoms with Gasteiger partial charge >= 0.3 is 5.97 Å². The Morgan fingerprint density at radius 2 is 1.82 bits per heavy atom. The van der Waals surface area contributed by atoms with Crippen LogP contribution in [0, 0.1) is 19.8 Å². The molecule has 0 aromatic heterocycles. The number of carbonyl (C=O) groups excluding carboxylic acids is 2. The SMILES string of the molecule is COC(=O)C(C)CN(Cc1ccc2c(c1)OCO2)C(=O)c1ccc(C)c(C)c1. The molecule has 6 nitrogen and oxygen atoms in total. The van der Waals surface area contributed by atoms with Gasteiger partial charge in [-0.25, -0.2) is 0 Å². The normalized spacial score (nSPS) is 13.1. The maximum Gasteiger partial charge on any atom is 0.310 e. The summed E-state index contributed by atoms with van der Waals surface area (Å²) >= 11 is 0. The van der Waals surface area contributed by atoms with Crippen LogP contribution in [0.4, 0.5) is 0 Å². The number of nitrogens with zero attached hydrogens (tertiary/aromatic N) is 1. The highest BCUT2D eigenvalue weighted by Gasteiger charge is 2.24. The zero-order valence-electron chi connectivity index (χ0n) is 16.7. The maximum absolute atomic E-state index is 13.2. The largest absolute Gasteiger partial charge is 0.469 e. The fourth-order valence-electron chi connectivity index (χ4n) is 3.14. The van der Waals surface area contributed by atoms with Crippen molar-refractivity contribution in [2.24, 2.45) is 5.92 Å². The van der Waals surface area contributed by atoms with Crippen LogP contribution in [0.1, 0.15) is 34.0 Å². The third-order valence-corrected chi connectivity index (χ3v) is 4.95. The van der Waals surface area contributed by atoms with E-state index in [1.807, 2.05) is 50.2 Å². The van der Waals surface area contributed by atoms with Crippen LogP contribution >= 0.6 is 0 Å². The Morgan fingerprint density at radius 3 is 2.54 bits per heavy atom. The lowest BCUT2D eigenvalue weighted by atomic mass is 10.0. The minimum absolute atomic E-state index is 0.128. The summed E-state index contributed by atoms with van der Waals surface area (Å²) in [6, 6.07) is 11.2. The molecule has 1 atom stereocenters. The number of hydrogen-bond acceptors (Lipinski definition) is 5. The van der Waals surface area contributed by atoms with Gasteiger partial charge in [-0.1, -0.05) is 19.1 Å². The molecule has 2 aromatic carbocycles. The quantitative estimate of drug-likeness (QED) is 0.715. The second-order valence-corrected chi connectivity index (χ2v) is 7.10. The standard InChI is InChI=1S/C22H25NO5/c1-14-5-7-18(9-15(14)2)21(24)23(11-16(3)22(25)26-4)12-17-6-8-19-20(10-17)28-13-27-19/h5-10,16H,11-13H2,1-4H3. The highest BCUT2D eigenvalue weighted by molar-refractivity contribution is 5.94. The van der Waals surface area contributed by atoms with Gasteiger partial charge in [0.05, 0.1) is 13.0 Å². The Labute approximate surface area is 165 Å². The highest BCUT2D eigenvalue weighted by atomic mass is 16.7. The third kappa shape index (κ3) is 4.27. The van der Waals surface area contributed by atoms with Crippen LogP contribution in [0.25, 0.3) is 0 Å². The Kier molecular flexibility index (Phi) is 5.87. The Bertz CT molecular complexity index is 892. The topological polar surface area (TPSA) is 65.1 Å². The van der Waals surface area contributed by atoms with Gasteiger partial charge in [-0.3, -0.25) is 9.59 Å². The molecule has 0 fully saturated rings. The van der Waals surface area contributed by atoms with E-state index in [1.165, 1.54) is 7.11 Å². The van der Waals surface area contributed by atoms with Crippen LogP contribution in [-0.4, -0.2) is 37.2 Å². The first kappa shape index (κ1) is 19.7. The number of amides is 1. The fraction of sp³-hybridized carbons (Fsp3) is 0.364. The van der Waals surface area contributed by atoms with Crippen LogP contribution in [0.3, 0.4) is 0 Å². The van der Waals surface area contributed by atoms with Gasteiger partial charge in [0, 0.05) is 18.7 Å². The molecule has 1 amide bonds. The number of methoxy groups -OCH3 is 1. The van der Waals surface area contributed by atoms with Gasteiger partial charge in [0.15, 0.2) is 11.5 Å². The van der Waals surface area contributed by atoms with E-state index < -0.39 is 5.92 Å². The number of fused-ring (bicyclic) bond motifs is 1. The molecule has 0 N–H and O–H groups in total. The summed E-state index contributed by atoms with van der Waals surface area (Å²) in [6.45, 7) is 6.55. The molecule has 0 aliphatic carbocycles. The summed E-state index contributed by atoms with van der Waals surface area (Å²) in [5.74, 6) is 0.449. The van der Waals surface area contributed by atoms with E-state index in [-0.39, 0.29) is 25.2 Å². The van der Waals surface area contributed by atoms with Gasteiger partial charge < -0.3 is 19.1 Å². The van der Waals surface area contributed by atoms with Crippen LogP contribution < -0.4 is 9.47 Å². The number of esters is 1. The second-order valence-electron chi connectivity index (χ2n) is 7.10. The number of rotatable bonds is 6. The van der Waals surface area contributed by atoms with Crippen molar-refractivity contribution in [3.8, 4) is 11.5 Å². The van der Waals surface area contributed by atoms with Gasteiger partial charge in [-0.05, 0) is 54.8 Å². The van der Waals surface area contributed by atoms with E-state index in [0.717, 1.165) is 16.7 Å². The summed E-state index contributed by atoms with van der Waals surface area (Å²) in [7, 11) is 1.35. The smallest absolute Gasteiger partial charge is 0.310 e. The Hall–Kier alpha value is -3.02. The lowest BCUT2D eigenvalue weighted by Crippen LogP contribution is -2.37. The van der Waals surface area contributed by atoms with Crippen molar-refractivity contribution < 1.29 is 23.8 Å². The van der Waals surface area contributed by atoms with E-state index in [9.17, 15) is 9.59 Å². The molecule has 0 bridgehead atoms. The van der Waals surface area contributed by atoms with Crippen molar-refractivity contribution in [3.63, 3.8) is 0 Å². The first-order chi connectivity index (χ1) is 13.4. The average Bonchev–Trinajstić information content (AvgIpc) is 3.16. The van der Waals surface area contributed by atoms with Gasteiger partial charge in [0.1, 0.15) is 0 Å². The third-order valence-electron chi connectivity index (χ3n) is 4.95. The predicted molar refractivity (Wildman–Crippen MR) is 104 cm³/mol. The lowest BCUT2D eigenvalue weighted by molar-refractivity contribution is -0.145. The molecular formula is C22H25NO5. The predicted octanol–water partition coefficient (Wildman–Crippen LogP) is 3.48. The molecule has 6 heteroatoms. The summed E-state index contributed by atoms with van der Waals surface area (Å²) < 4.78 is 15.6. The van der Waals surface area contributed by atoms with Crippen LogP contribution in [0.15, 0.2) is 36.4 Å².